The Labute approximate surface area is 127 Å². The zero-order chi connectivity index (χ0) is 15.5. The molecule has 0 radical (unpaired) electrons. The molecule has 0 atom stereocenters. The van der Waals surface area contributed by atoms with E-state index in [4.69, 9.17) is 0 Å². The van der Waals surface area contributed by atoms with Gasteiger partial charge >= 0.3 is 0 Å². The molecule has 1 aliphatic rings. The van der Waals surface area contributed by atoms with Gasteiger partial charge in [-0.2, -0.15) is 5.26 Å². The minimum absolute atomic E-state index is 0.0969. The largest absolute Gasteiger partial charge is 0.334 e. The van der Waals surface area contributed by atoms with E-state index < -0.39 is 5.54 Å². The van der Waals surface area contributed by atoms with E-state index in [1.807, 2.05) is 24.3 Å². The molecule has 1 fully saturated rings. The zero-order valence-electron chi connectivity index (χ0n) is 13.2. The predicted molar refractivity (Wildman–Crippen MR) is 84.0 cm³/mol. The molecule has 0 spiro atoms. The number of nitrogens with one attached hydrogen (secondary N) is 1. The van der Waals surface area contributed by atoms with Crippen molar-refractivity contribution in [2.24, 2.45) is 0 Å². The minimum Gasteiger partial charge on any atom is -0.334 e. The molecule has 0 saturated heterocycles. The molecular weight excluding hydrogens is 260 g/mol. The van der Waals surface area contributed by atoms with Crippen LogP contribution in [0.5, 0.6) is 0 Å². The first kappa shape index (κ1) is 15.6. The maximum absolute atomic E-state index is 12.7. The maximum Gasteiger partial charge on any atom is 0.252 e. The van der Waals surface area contributed by atoms with Crippen LogP contribution in [0.1, 0.15) is 68.8 Å². The molecule has 0 aromatic heterocycles. The summed E-state index contributed by atoms with van der Waals surface area (Å²) in [5.74, 6) is -0.121. The number of nitrogens with zero attached hydrogens (tertiary/aromatic N) is 1. The van der Waals surface area contributed by atoms with E-state index in [-0.39, 0.29) is 11.3 Å². The lowest BCUT2D eigenvalue weighted by Crippen LogP contribution is -2.49. The average Bonchev–Trinajstić information content (AvgIpc) is 2.47. The predicted octanol–water partition coefficient (Wildman–Crippen LogP) is 3.94. The third kappa shape index (κ3) is 3.44. The quantitative estimate of drug-likeness (QED) is 0.894. The second-order valence-corrected chi connectivity index (χ2v) is 7.00. The van der Waals surface area contributed by atoms with Crippen molar-refractivity contribution in [2.45, 2.75) is 63.8 Å². The van der Waals surface area contributed by atoms with Crippen LogP contribution in [0.3, 0.4) is 0 Å². The lowest BCUT2D eigenvalue weighted by molar-refractivity contribution is 0.0900. The standard InChI is InChI=1S/C18H24N2O/c1-17(2,3)15-10-6-5-9-14(15)16(21)20-18(13-19)11-7-4-8-12-18/h5-6,9-10H,4,7-8,11-12H2,1-3H3,(H,20,21). The Morgan fingerprint density at radius 3 is 2.38 bits per heavy atom. The Kier molecular flexibility index (Phi) is 4.37. The van der Waals surface area contributed by atoms with Gasteiger partial charge in [-0.05, 0) is 29.9 Å². The molecule has 0 heterocycles. The maximum atomic E-state index is 12.7. The fourth-order valence-corrected chi connectivity index (χ4v) is 3.04. The van der Waals surface area contributed by atoms with Gasteiger partial charge in [-0.15, -0.1) is 0 Å². The van der Waals surface area contributed by atoms with Crippen molar-refractivity contribution in [1.29, 1.82) is 5.26 Å². The molecule has 21 heavy (non-hydrogen) atoms. The van der Waals surface area contributed by atoms with Crippen molar-refractivity contribution in [2.75, 3.05) is 0 Å². The lowest BCUT2D eigenvalue weighted by atomic mass is 9.81. The second-order valence-electron chi connectivity index (χ2n) is 7.00. The van der Waals surface area contributed by atoms with Gasteiger partial charge in [0.25, 0.3) is 5.91 Å². The first-order valence-corrected chi connectivity index (χ1v) is 7.71. The van der Waals surface area contributed by atoms with Crippen LogP contribution in [0, 0.1) is 11.3 Å². The van der Waals surface area contributed by atoms with Crippen LogP contribution in [0.4, 0.5) is 0 Å². The summed E-state index contributed by atoms with van der Waals surface area (Å²) in [6, 6.07) is 10.0. The van der Waals surface area contributed by atoms with Gasteiger partial charge in [0.05, 0.1) is 6.07 Å². The number of amides is 1. The Morgan fingerprint density at radius 1 is 1.19 bits per heavy atom. The van der Waals surface area contributed by atoms with Crippen LogP contribution in [-0.4, -0.2) is 11.4 Å². The molecule has 1 aromatic rings. The molecule has 0 unspecified atom stereocenters. The average molecular weight is 284 g/mol. The van der Waals surface area contributed by atoms with E-state index in [1.54, 1.807) is 0 Å². The number of hydrogen-bond acceptors (Lipinski definition) is 2. The van der Waals surface area contributed by atoms with Crippen LogP contribution in [0.2, 0.25) is 0 Å². The third-order valence-corrected chi connectivity index (χ3v) is 4.25. The van der Waals surface area contributed by atoms with Gasteiger partial charge in [0, 0.05) is 5.56 Å². The number of carbonyl (C=O) groups is 1. The Morgan fingerprint density at radius 2 is 1.81 bits per heavy atom. The topological polar surface area (TPSA) is 52.9 Å². The van der Waals surface area contributed by atoms with Crippen molar-refractivity contribution in [1.82, 2.24) is 5.32 Å². The van der Waals surface area contributed by atoms with Crippen LogP contribution >= 0.6 is 0 Å². The van der Waals surface area contributed by atoms with E-state index in [0.29, 0.717) is 5.56 Å². The van der Waals surface area contributed by atoms with Crippen molar-refractivity contribution in [3.63, 3.8) is 0 Å². The highest BCUT2D eigenvalue weighted by Gasteiger charge is 2.34. The Balaban J connectivity index is 2.27. The summed E-state index contributed by atoms with van der Waals surface area (Å²) in [5, 5.41) is 12.5. The number of carbonyl (C=O) groups excluding carboxylic acids is 1. The summed E-state index contributed by atoms with van der Waals surface area (Å²) < 4.78 is 0. The molecule has 3 heteroatoms. The smallest absolute Gasteiger partial charge is 0.252 e. The molecular formula is C18H24N2O. The van der Waals surface area contributed by atoms with Gasteiger partial charge in [0.15, 0.2) is 0 Å². The van der Waals surface area contributed by atoms with Gasteiger partial charge in [-0.3, -0.25) is 4.79 Å². The molecule has 0 bridgehead atoms. The monoisotopic (exact) mass is 284 g/mol. The van der Waals surface area contributed by atoms with E-state index in [1.165, 1.54) is 0 Å². The molecule has 1 aliphatic carbocycles. The third-order valence-electron chi connectivity index (χ3n) is 4.25. The normalized spacial score (nSPS) is 17.8. The Bertz CT molecular complexity index is 557. The minimum atomic E-state index is -0.680. The highest BCUT2D eigenvalue weighted by atomic mass is 16.1. The van der Waals surface area contributed by atoms with E-state index in [9.17, 15) is 10.1 Å². The first-order chi connectivity index (χ1) is 9.88. The Hall–Kier alpha value is -1.82. The summed E-state index contributed by atoms with van der Waals surface area (Å²) in [6.07, 6.45) is 4.68. The van der Waals surface area contributed by atoms with Crippen molar-refractivity contribution < 1.29 is 4.79 Å². The summed E-state index contributed by atoms with van der Waals surface area (Å²) in [4.78, 5) is 12.7. The molecule has 112 valence electrons. The second kappa shape index (κ2) is 5.89. The van der Waals surface area contributed by atoms with Gasteiger partial charge < -0.3 is 5.32 Å². The van der Waals surface area contributed by atoms with Crippen molar-refractivity contribution >= 4 is 5.91 Å². The van der Waals surface area contributed by atoms with E-state index in [0.717, 1.165) is 37.7 Å². The zero-order valence-corrected chi connectivity index (χ0v) is 13.2. The van der Waals surface area contributed by atoms with Gasteiger partial charge in [0.2, 0.25) is 0 Å². The first-order valence-electron chi connectivity index (χ1n) is 7.71. The van der Waals surface area contributed by atoms with Crippen LogP contribution < -0.4 is 5.32 Å². The molecule has 1 N–H and O–H groups in total. The highest BCUT2D eigenvalue weighted by molar-refractivity contribution is 5.96. The number of benzene rings is 1. The number of hydrogen-bond donors (Lipinski definition) is 1. The molecule has 1 aromatic carbocycles. The molecule has 3 nitrogen and oxygen atoms in total. The molecule has 1 amide bonds. The van der Waals surface area contributed by atoms with E-state index >= 15 is 0 Å². The highest BCUT2D eigenvalue weighted by Crippen LogP contribution is 2.30. The van der Waals surface area contributed by atoms with E-state index in [2.05, 4.69) is 32.2 Å². The van der Waals surface area contributed by atoms with Crippen LogP contribution in [0.15, 0.2) is 24.3 Å². The van der Waals surface area contributed by atoms with Gasteiger partial charge in [-0.25, -0.2) is 0 Å². The van der Waals surface area contributed by atoms with Crippen molar-refractivity contribution in [3.8, 4) is 6.07 Å². The number of nitriles is 1. The number of rotatable bonds is 2. The van der Waals surface area contributed by atoms with Crippen LogP contribution in [-0.2, 0) is 5.41 Å². The SMILES string of the molecule is CC(C)(C)c1ccccc1C(=O)NC1(C#N)CCCCC1. The summed E-state index contributed by atoms with van der Waals surface area (Å²) in [7, 11) is 0. The summed E-state index contributed by atoms with van der Waals surface area (Å²) in [6.45, 7) is 6.29. The molecule has 0 aliphatic heterocycles. The lowest BCUT2D eigenvalue weighted by Gasteiger charge is -2.32. The summed E-state index contributed by atoms with van der Waals surface area (Å²) >= 11 is 0. The van der Waals surface area contributed by atoms with Gasteiger partial charge in [-0.1, -0.05) is 58.2 Å². The molecule has 2 rings (SSSR count). The summed E-state index contributed by atoms with van der Waals surface area (Å²) in [5.41, 5.74) is 0.928. The molecule has 1 saturated carbocycles. The van der Waals surface area contributed by atoms with Crippen LogP contribution in [0.25, 0.3) is 0 Å². The van der Waals surface area contributed by atoms with Gasteiger partial charge in [0.1, 0.15) is 5.54 Å². The van der Waals surface area contributed by atoms with Crippen molar-refractivity contribution in [3.05, 3.63) is 35.4 Å². The fraction of sp³-hybridized carbons (Fsp3) is 0.556. The fourth-order valence-electron chi connectivity index (χ4n) is 3.04.